The molecular formula is C28H33FIN5O5. The number of halogens is 2. The summed E-state index contributed by atoms with van der Waals surface area (Å²) in [7, 11) is 0. The number of anilines is 1. The molecule has 0 unspecified atom stereocenters. The second kappa shape index (κ2) is 14.9. The van der Waals surface area contributed by atoms with E-state index >= 15 is 0 Å². The van der Waals surface area contributed by atoms with Crippen LogP contribution in [0.25, 0.3) is 11.0 Å². The zero-order chi connectivity index (χ0) is 29.2. The Morgan fingerprint density at radius 3 is 2.38 bits per heavy atom. The largest absolute Gasteiger partial charge is 0.423 e. The number of fused-ring (bicyclic) bond motifs is 1. The van der Waals surface area contributed by atoms with E-state index in [4.69, 9.17) is 10.2 Å². The molecule has 0 saturated carbocycles. The summed E-state index contributed by atoms with van der Waals surface area (Å²) in [6, 6.07) is 12.3. The fraction of sp³-hybridized carbons (Fsp3) is 0.357. The van der Waals surface area contributed by atoms with Gasteiger partial charge in [0, 0.05) is 29.6 Å². The Morgan fingerprint density at radius 2 is 1.70 bits per heavy atom. The maximum atomic E-state index is 13.6. The normalized spacial score (nSPS) is 13.4. The van der Waals surface area contributed by atoms with Crippen molar-refractivity contribution in [1.82, 2.24) is 14.0 Å². The monoisotopic (exact) mass is 665 g/mol. The number of unbranched alkanes of at least 4 members (excludes halogenated alkanes) is 1. The van der Waals surface area contributed by atoms with E-state index in [1.54, 1.807) is 49.4 Å². The van der Waals surface area contributed by atoms with E-state index in [0.717, 1.165) is 16.5 Å². The third-order valence-electron chi connectivity index (χ3n) is 6.39. The first-order valence-corrected chi connectivity index (χ1v) is 13.9. The molecule has 1 heterocycles. The van der Waals surface area contributed by atoms with Crippen LogP contribution in [-0.4, -0.2) is 45.7 Å². The van der Waals surface area contributed by atoms with Gasteiger partial charge in [-0.1, -0.05) is 33.7 Å². The number of amides is 3. The second-order valence-corrected chi connectivity index (χ2v) is 10.4. The maximum Gasteiger partial charge on any atom is 0.336 e. The van der Waals surface area contributed by atoms with Crippen LogP contribution in [0.3, 0.4) is 0 Å². The topological polar surface area (TPSA) is 147 Å². The van der Waals surface area contributed by atoms with Gasteiger partial charge in [0.25, 0.3) is 0 Å². The summed E-state index contributed by atoms with van der Waals surface area (Å²) in [5, 5.41) is 8.87. The lowest BCUT2D eigenvalue weighted by Gasteiger charge is -2.25. The number of nitrogens with one attached hydrogen (secondary N) is 3. The van der Waals surface area contributed by atoms with Gasteiger partial charge >= 0.3 is 5.63 Å². The van der Waals surface area contributed by atoms with Crippen molar-refractivity contribution >= 4 is 57.2 Å². The van der Waals surface area contributed by atoms with Crippen LogP contribution >= 0.6 is 22.9 Å². The first-order valence-electron chi connectivity index (χ1n) is 12.9. The van der Waals surface area contributed by atoms with Crippen LogP contribution in [0.5, 0.6) is 0 Å². The van der Waals surface area contributed by atoms with Crippen molar-refractivity contribution in [1.29, 1.82) is 0 Å². The molecule has 12 heteroatoms. The Hall–Kier alpha value is -3.36. The van der Waals surface area contributed by atoms with E-state index in [0.29, 0.717) is 37.1 Å². The summed E-state index contributed by atoms with van der Waals surface area (Å²) in [4.78, 5) is 51.2. The summed E-state index contributed by atoms with van der Waals surface area (Å²) >= 11 is 1.36. The van der Waals surface area contributed by atoms with Crippen molar-refractivity contribution in [3.8, 4) is 0 Å². The average molecular weight is 666 g/mol. The van der Waals surface area contributed by atoms with Gasteiger partial charge in [0.2, 0.25) is 17.7 Å². The maximum absolute atomic E-state index is 13.6. The molecule has 0 aliphatic carbocycles. The van der Waals surface area contributed by atoms with Crippen molar-refractivity contribution in [3.63, 3.8) is 0 Å². The Kier molecular flexibility index (Phi) is 11.6. The van der Waals surface area contributed by atoms with Gasteiger partial charge < -0.3 is 26.1 Å². The molecule has 3 atom stereocenters. The van der Waals surface area contributed by atoms with Crippen LogP contribution in [0, 0.1) is 6.92 Å². The molecule has 10 nitrogen and oxygen atoms in total. The van der Waals surface area contributed by atoms with Gasteiger partial charge in [-0.25, -0.2) is 4.79 Å². The van der Waals surface area contributed by atoms with Gasteiger partial charge in [0.1, 0.15) is 23.7 Å². The number of carbonyl (C=O) groups is 3. The van der Waals surface area contributed by atoms with Crippen molar-refractivity contribution in [2.24, 2.45) is 5.73 Å². The second-order valence-electron chi connectivity index (χ2n) is 9.48. The van der Waals surface area contributed by atoms with E-state index in [9.17, 15) is 23.7 Å². The zero-order valence-electron chi connectivity index (χ0n) is 22.3. The van der Waals surface area contributed by atoms with Gasteiger partial charge in [-0.3, -0.25) is 14.4 Å². The van der Waals surface area contributed by atoms with Gasteiger partial charge in [-0.2, -0.15) is 0 Å². The standard InChI is InChI=1S/C28H33FIN5O5/c1-17-14-25(36)40-24-16-20(11-12-21(17)24)32-27(38)22(10-6-7-13-31)33-28(39)23(15-19-8-4-3-5-9-19)34-26(37)18(2)35(29)30/h3-5,8-9,11-12,14,16,18,22-23H,6-7,10,13,15,31H2,1-2H3,(H,32,38)(H,33,39)(H,34,37)/t18-,22-,23-/m0/s1. The number of aryl methyl sites for hydroxylation is 1. The smallest absolute Gasteiger partial charge is 0.336 e. The molecule has 0 aliphatic heterocycles. The Labute approximate surface area is 245 Å². The first-order chi connectivity index (χ1) is 19.1. The average Bonchev–Trinajstić information content (AvgIpc) is 2.91. The van der Waals surface area contributed by atoms with Gasteiger partial charge in [-0.05, 0) is 62.9 Å². The fourth-order valence-corrected chi connectivity index (χ4v) is 4.36. The quantitative estimate of drug-likeness (QED) is 0.0949. The highest BCUT2D eigenvalue weighted by molar-refractivity contribution is 14.1. The van der Waals surface area contributed by atoms with E-state index in [1.165, 1.54) is 35.9 Å². The highest BCUT2D eigenvalue weighted by Gasteiger charge is 2.29. The molecule has 1 aromatic heterocycles. The summed E-state index contributed by atoms with van der Waals surface area (Å²) in [5.74, 6) is -1.75. The summed E-state index contributed by atoms with van der Waals surface area (Å²) < 4.78 is 19.1. The highest BCUT2D eigenvalue weighted by atomic mass is 127. The van der Waals surface area contributed by atoms with Crippen LogP contribution in [0.4, 0.5) is 10.2 Å². The molecule has 3 aromatic rings. The number of benzene rings is 2. The summed E-state index contributed by atoms with van der Waals surface area (Å²) in [5.41, 5.74) is 7.36. The minimum Gasteiger partial charge on any atom is -0.423 e. The number of nitrogens with two attached hydrogens (primary N) is 1. The predicted molar refractivity (Wildman–Crippen MR) is 159 cm³/mol. The molecule has 0 bridgehead atoms. The number of hydrogen-bond acceptors (Lipinski definition) is 7. The molecule has 0 spiro atoms. The zero-order valence-corrected chi connectivity index (χ0v) is 24.4. The van der Waals surface area contributed by atoms with Crippen molar-refractivity contribution in [2.75, 3.05) is 11.9 Å². The molecule has 0 saturated heterocycles. The summed E-state index contributed by atoms with van der Waals surface area (Å²) in [6.07, 6.45) is 1.65. The molecule has 0 aliphatic rings. The minimum absolute atomic E-state index is 0.138. The number of rotatable bonds is 13. The molecule has 0 fully saturated rings. The first kappa shape index (κ1) is 31.2. The van der Waals surface area contributed by atoms with E-state index < -0.39 is 41.5 Å². The van der Waals surface area contributed by atoms with Crippen molar-refractivity contribution < 1.29 is 23.3 Å². The molecule has 2 aromatic carbocycles. The number of nitrogens with zero attached hydrogens (tertiary/aromatic N) is 1. The van der Waals surface area contributed by atoms with Crippen molar-refractivity contribution in [2.45, 2.75) is 57.7 Å². The van der Waals surface area contributed by atoms with Gasteiger partial charge in [-0.15, -0.1) is 4.48 Å². The van der Waals surface area contributed by atoms with Crippen LogP contribution in [0.2, 0.25) is 0 Å². The van der Waals surface area contributed by atoms with E-state index in [2.05, 4.69) is 16.0 Å². The highest BCUT2D eigenvalue weighted by Crippen LogP contribution is 2.21. The molecule has 3 amide bonds. The lowest BCUT2D eigenvalue weighted by Crippen LogP contribution is -2.55. The Morgan fingerprint density at radius 1 is 1.00 bits per heavy atom. The van der Waals surface area contributed by atoms with Crippen LogP contribution < -0.4 is 27.3 Å². The van der Waals surface area contributed by atoms with E-state index in [-0.39, 0.29) is 9.76 Å². The molecule has 0 radical (unpaired) electrons. The van der Waals surface area contributed by atoms with Crippen LogP contribution in [-0.2, 0) is 20.8 Å². The fourth-order valence-electron chi connectivity index (χ4n) is 4.11. The van der Waals surface area contributed by atoms with Crippen LogP contribution in [0.1, 0.15) is 37.3 Å². The van der Waals surface area contributed by atoms with Gasteiger partial charge in [0.05, 0.1) is 22.9 Å². The van der Waals surface area contributed by atoms with Crippen molar-refractivity contribution in [3.05, 3.63) is 76.1 Å². The molecular weight excluding hydrogens is 632 g/mol. The lowest BCUT2D eigenvalue weighted by molar-refractivity contribution is -0.133. The molecule has 3 rings (SSSR count). The SMILES string of the molecule is Cc1cc(=O)oc2cc(NC(=O)[C@H](CCCCN)NC(=O)[C@H](Cc3ccccc3)NC(=O)[C@H](C)N(F)I)ccc12. The molecule has 214 valence electrons. The third kappa shape index (κ3) is 8.83. The van der Waals surface area contributed by atoms with Gasteiger partial charge in [0.15, 0.2) is 0 Å². The third-order valence-corrected chi connectivity index (χ3v) is 7.22. The Bertz CT molecular complexity index is 1380. The number of hydrogen-bond donors (Lipinski definition) is 4. The molecule has 5 N–H and O–H groups in total. The van der Waals surface area contributed by atoms with Crippen LogP contribution in [0.15, 0.2) is 63.8 Å². The Balaban J connectivity index is 1.81. The summed E-state index contributed by atoms with van der Waals surface area (Å²) in [6.45, 7) is 3.58. The molecule has 40 heavy (non-hydrogen) atoms. The number of carbonyl (C=O) groups excluding carboxylic acids is 3. The minimum atomic E-state index is -1.13. The van der Waals surface area contributed by atoms with E-state index in [1.807, 2.05) is 6.07 Å². The predicted octanol–water partition coefficient (Wildman–Crippen LogP) is 3.31. The lowest BCUT2D eigenvalue weighted by atomic mass is 10.0.